The van der Waals surface area contributed by atoms with E-state index in [1.807, 2.05) is 11.6 Å². The van der Waals surface area contributed by atoms with E-state index in [2.05, 4.69) is 41.5 Å². The van der Waals surface area contributed by atoms with Crippen LogP contribution < -0.4 is 5.73 Å². The Morgan fingerprint density at radius 3 is 2.75 bits per heavy atom. The zero-order valence-corrected chi connectivity index (χ0v) is 9.64. The van der Waals surface area contributed by atoms with Crippen molar-refractivity contribution in [2.75, 3.05) is 0 Å². The second-order valence-corrected chi connectivity index (χ2v) is 3.97. The monoisotopic (exact) mass is 216 g/mol. The summed E-state index contributed by atoms with van der Waals surface area (Å²) in [7, 11) is 0. The maximum Gasteiger partial charge on any atom is 0.0991 e. The first kappa shape index (κ1) is 10.8. The van der Waals surface area contributed by atoms with Gasteiger partial charge in [-0.05, 0) is 19.4 Å². The molecule has 0 atom stereocenters. The van der Waals surface area contributed by atoms with Crippen molar-refractivity contribution in [2.45, 2.75) is 26.9 Å². The van der Waals surface area contributed by atoms with Crippen molar-refractivity contribution in [1.29, 1.82) is 0 Å². The molecule has 0 amide bonds. The first-order valence-corrected chi connectivity index (χ1v) is 5.35. The molecular weight excluding hydrogens is 200 g/mol. The molecule has 2 aromatic rings. The van der Waals surface area contributed by atoms with Crippen LogP contribution in [0.15, 0.2) is 24.3 Å². The molecule has 0 fully saturated rings. The van der Waals surface area contributed by atoms with Crippen LogP contribution in [-0.2, 0) is 13.1 Å². The summed E-state index contributed by atoms with van der Waals surface area (Å²) in [6, 6.07) is 8.39. The Hall–Kier alpha value is -1.68. The van der Waals surface area contributed by atoms with E-state index in [0.29, 0.717) is 6.54 Å². The van der Waals surface area contributed by atoms with E-state index >= 15 is 0 Å². The number of aromatic nitrogens is 3. The van der Waals surface area contributed by atoms with Gasteiger partial charge in [-0.25, -0.2) is 4.68 Å². The van der Waals surface area contributed by atoms with Gasteiger partial charge >= 0.3 is 0 Å². The van der Waals surface area contributed by atoms with Crippen LogP contribution in [0.2, 0.25) is 0 Å². The molecule has 0 spiro atoms. The van der Waals surface area contributed by atoms with Crippen LogP contribution in [0, 0.1) is 13.8 Å². The van der Waals surface area contributed by atoms with E-state index in [9.17, 15) is 0 Å². The zero-order valence-electron chi connectivity index (χ0n) is 9.64. The molecule has 4 nitrogen and oxygen atoms in total. The van der Waals surface area contributed by atoms with Gasteiger partial charge in [0, 0.05) is 6.54 Å². The molecule has 0 aliphatic rings. The molecule has 4 heteroatoms. The van der Waals surface area contributed by atoms with Crippen LogP contribution in [0.1, 0.15) is 22.5 Å². The molecule has 0 aliphatic heterocycles. The van der Waals surface area contributed by atoms with Gasteiger partial charge < -0.3 is 5.73 Å². The number of hydrogen-bond acceptors (Lipinski definition) is 3. The first-order chi connectivity index (χ1) is 7.70. The Labute approximate surface area is 95.1 Å². The molecule has 0 aliphatic carbocycles. The van der Waals surface area contributed by atoms with E-state index in [-0.39, 0.29) is 0 Å². The van der Waals surface area contributed by atoms with Gasteiger partial charge in [-0.15, -0.1) is 5.10 Å². The molecule has 0 bridgehead atoms. The molecule has 0 unspecified atom stereocenters. The molecule has 84 valence electrons. The fraction of sp³-hybridized carbons (Fsp3) is 0.333. The lowest BCUT2D eigenvalue weighted by molar-refractivity contribution is 0.633. The van der Waals surface area contributed by atoms with Crippen LogP contribution in [0.4, 0.5) is 0 Å². The Bertz CT molecular complexity index is 488. The Morgan fingerprint density at radius 2 is 2.12 bits per heavy atom. The average Bonchev–Trinajstić information content (AvgIpc) is 2.60. The summed E-state index contributed by atoms with van der Waals surface area (Å²) in [6.45, 7) is 5.28. The van der Waals surface area contributed by atoms with Crippen molar-refractivity contribution >= 4 is 0 Å². The number of aryl methyl sites for hydroxylation is 1. The standard InChI is InChI=1S/C12H16N4/c1-9-4-3-5-11(6-9)8-16-10(2)12(7-13)14-15-16/h3-6H,7-8,13H2,1-2H3. The fourth-order valence-corrected chi connectivity index (χ4v) is 1.72. The lowest BCUT2D eigenvalue weighted by Gasteiger charge is -2.04. The normalized spacial score (nSPS) is 10.7. The second-order valence-electron chi connectivity index (χ2n) is 3.97. The molecule has 2 N–H and O–H groups in total. The highest BCUT2D eigenvalue weighted by molar-refractivity contribution is 5.23. The van der Waals surface area contributed by atoms with Crippen molar-refractivity contribution in [3.8, 4) is 0 Å². The number of benzene rings is 1. The minimum absolute atomic E-state index is 0.444. The largest absolute Gasteiger partial charge is 0.325 e. The summed E-state index contributed by atoms with van der Waals surface area (Å²) in [5.74, 6) is 0. The molecule has 0 saturated carbocycles. The van der Waals surface area contributed by atoms with Crippen molar-refractivity contribution in [3.05, 3.63) is 46.8 Å². The summed E-state index contributed by atoms with van der Waals surface area (Å²) >= 11 is 0. The molecule has 1 heterocycles. The third kappa shape index (κ3) is 2.12. The van der Waals surface area contributed by atoms with Gasteiger partial charge in [0.1, 0.15) is 0 Å². The highest BCUT2D eigenvalue weighted by Gasteiger charge is 2.06. The number of hydrogen-bond donors (Lipinski definition) is 1. The molecule has 2 rings (SSSR count). The van der Waals surface area contributed by atoms with Gasteiger partial charge in [0.2, 0.25) is 0 Å². The quantitative estimate of drug-likeness (QED) is 0.843. The lowest BCUT2D eigenvalue weighted by atomic mass is 10.1. The number of nitrogens with zero attached hydrogens (tertiary/aromatic N) is 3. The minimum Gasteiger partial charge on any atom is -0.325 e. The van der Waals surface area contributed by atoms with E-state index in [4.69, 9.17) is 5.73 Å². The van der Waals surface area contributed by atoms with E-state index in [0.717, 1.165) is 17.9 Å². The summed E-state index contributed by atoms with van der Waals surface area (Å²) < 4.78 is 1.89. The van der Waals surface area contributed by atoms with Gasteiger partial charge in [-0.1, -0.05) is 35.0 Å². The van der Waals surface area contributed by atoms with Crippen LogP contribution in [0.5, 0.6) is 0 Å². The predicted octanol–water partition coefficient (Wildman–Crippen LogP) is 1.40. The number of nitrogens with two attached hydrogens (primary N) is 1. The molecule has 1 aromatic heterocycles. The van der Waals surface area contributed by atoms with Gasteiger partial charge in [0.15, 0.2) is 0 Å². The van der Waals surface area contributed by atoms with E-state index < -0.39 is 0 Å². The molecule has 1 aromatic carbocycles. The highest BCUT2D eigenvalue weighted by Crippen LogP contribution is 2.09. The third-order valence-electron chi connectivity index (χ3n) is 2.69. The Morgan fingerprint density at radius 1 is 1.31 bits per heavy atom. The van der Waals surface area contributed by atoms with Crippen molar-refractivity contribution in [2.24, 2.45) is 5.73 Å². The van der Waals surface area contributed by atoms with Crippen LogP contribution >= 0.6 is 0 Å². The average molecular weight is 216 g/mol. The minimum atomic E-state index is 0.444. The van der Waals surface area contributed by atoms with Crippen LogP contribution in [0.25, 0.3) is 0 Å². The van der Waals surface area contributed by atoms with Gasteiger partial charge in [0.25, 0.3) is 0 Å². The Kier molecular flexibility index (Phi) is 3.01. The smallest absolute Gasteiger partial charge is 0.0991 e. The van der Waals surface area contributed by atoms with Crippen LogP contribution in [-0.4, -0.2) is 15.0 Å². The highest BCUT2D eigenvalue weighted by atomic mass is 15.4. The summed E-state index contributed by atoms with van der Waals surface area (Å²) in [6.07, 6.45) is 0. The number of rotatable bonds is 3. The third-order valence-corrected chi connectivity index (χ3v) is 2.69. The van der Waals surface area contributed by atoms with Crippen LogP contribution in [0.3, 0.4) is 0 Å². The predicted molar refractivity (Wildman–Crippen MR) is 62.9 cm³/mol. The van der Waals surface area contributed by atoms with Gasteiger partial charge in [-0.2, -0.15) is 0 Å². The molecule has 16 heavy (non-hydrogen) atoms. The summed E-state index contributed by atoms with van der Waals surface area (Å²) in [4.78, 5) is 0. The summed E-state index contributed by atoms with van der Waals surface area (Å²) in [5, 5.41) is 8.14. The van der Waals surface area contributed by atoms with Crippen molar-refractivity contribution < 1.29 is 0 Å². The van der Waals surface area contributed by atoms with Gasteiger partial charge in [-0.3, -0.25) is 0 Å². The topological polar surface area (TPSA) is 56.7 Å². The van der Waals surface area contributed by atoms with Crippen molar-refractivity contribution in [3.63, 3.8) is 0 Å². The van der Waals surface area contributed by atoms with E-state index in [1.165, 1.54) is 11.1 Å². The Balaban J connectivity index is 2.24. The maximum absolute atomic E-state index is 5.57. The fourth-order valence-electron chi connectivity index (χ4n) is 1.72. The van der Waals surface area contributed by atoms with Crippen molar-refractivity contribution in [1.82, 2.24) is 15.0 Å². The lowest BCUT2D eigenvalue weighted by Crippen LogP contribution is -2.05. The van der Waals surface area contributed by atoms with Gasteiger partial charge in [0.05, 0.1) is 17.9 Å². The molecule has 0 radical (unpaired) electrons. The maximum atomic E-state index is 5.57. The second kappa shape index (κ2) is 4.45. The zero-order chi connectivity index (χ0) is 11.5. The first-order valence-electron chi connectivity index (χ1n) is 5.35. The van der Waals surface area contributed by atoms with E-state index in [1.54, 1.807) is 0 Å². The summed E-state index contributed by atoms with van der Waals surface area (Å²) in [5.41, 5.74) is 9.97. The molecule has 0 saturated heterocycles. The molecular formula is C12H16N4. The SMILES string of the molecule is Cc1cccc(Cn2nnc(CN)c2C)c1.